The molecule has 2 fully saturated rings. The topological polar surface area (TPSA) is 96.0 Å². The molecule has 3 aromatic rings. The van der Waals surface area contributed by atoms with Crippen molar-refractivity contribution in [1.29, 1.82) is 0 Å². The first-order valence-electron chi connectivity index (χ1n) is 10.4. The summed E-state index contributed by atoms with van der Waals surface area (Å²) in [6.45, 7) is 7.21. The maximum absolute atomic E-state index is 13.0. The van der Waals surface area contributed by atoms with Crippen LogP contribution in [0, 0.1) is 6.57 Å². The number of hydrogen-bond acceptors (Lipinski definition) is 8. The summed E-state index contributed by atoms with van der Waals surface area (Å²) in [7, 11) is 0. The minimum Gasteiger partial charge on any atom is -0.435 e. The summed E-state index contributed by atoms with van der Waals surface area (Å²) in [4.78, 5) is 14.2. The summed E-state index contributed by atoms with van der Waals surface area (Å²) in [5.41, 5.74) is 1.31. The zero-order valence-corrected chi connectivity index (χ0v) is 18.1. The van der Waals surface area contributed by atoms with Crippen LogP contribution in [0.4, 0.5) is 37.7 Å². The molecule has 0 unspecified atom stereocenters. The Balaban J connectivity index is 1.55. The highest BCUT2D eigenvalue weighted by Crippen LogP contribution is 2.39. The van der Waals surface area contributed by atoms with Crippen molar-refractivity contribution < 1.29 is 13.5 Å². The number of alkyl halides is 2. The molecule has 5 rings (SSSR count). The molecule has 3 heterocycles. The molecule has 1 aromatic carbocycles. The van der Waals surface area contributed by atoms with E-state index in [1.807, 2.05) is 4.90 Å². The SMILES string of the molecule is [C-]#[N+]c1cnc2c(NC3CC3)nc(Nc3cc(OC(F)F)cc(N4CCNCC4)c3Cl)nn12. The van der Waals surface area contributed by atoms with Gasteiger partial charge in [-0.05, 0) is 12.8 Å². The second-order valence-corrected chi connectivity index (χ2v) is 8.09. The van der Waals surface area contributed by atoms with Crippen LogP contribution in [-0.2, 0) is 0 Å². The van der Waals surface area contributed by atoms with Gasteiger partial charge in [0.1, 0.15) is 5.75 Å². The number of imidazole rings is 1. The summed E-state index contributed by atoms with van der Waals surface area (Å²) in [5, 5.41) is 14.3. The van der Waals surface area contributed by atoms with Crippen LogP contribution in [0.2, 0.25) is 5.02 Å². The lowest BCUT2D eigenvalue weighted by Crippen LogP contribution is -2.43. The van der Waals surface area contributed by atoms with Crippen molar-refractivity contribution in [3.05, 3.63) is 34.8 Å². The van der Waals surface area contributed by atoms with E-state index in [0.29, 0.717) is 41.0 Å². The Morgan fingerprint density at radius 2 is 2.06 bits per heavy atom. The summed E-state index contributed by atoms with van der Waals surface area (Å²) in [5.74, 6) is 0.795. The number of piperazine rings is 1. The summed E-state index contributed by atoms with van der Waals surface area (Å²) >= 11 is 6.68. The molecule has 172 valence electrons. The number of nitrogens with one attached hydrogen (secondary N) is 3. The maximum atomic E-state index is 13.0. The monoisotopic (exact) mass is 475 g/mol. The predicted molar refractivity (Wildman–Crippen MR) is 120 cm³/mol. The van der Waals surface area contributed by atoms with Crippen LogP contribution in [0.15, 0.2) is 18.3 Å². The number of fused-ring (bicyclic) bond motifs is 1. The van der Waals surface area contributed by atoms with E-state index in [0.717, 1.165) is 25.9 Å². The first-order valence-corrected chi connectivity index (χ1v) is 10.8. The fourth-order valence-corrected chi connectivity index (χ4v) is 3.89. The van der Waals surface area contributed by atoms with Gasteiger partial charge in [0, 0.05) is 44.4 Å². The molecule has 1 saturated heterocycles. The normalized spacial score (nSPS) is 16.2. The number of nitrogens with zero attached hydrogens (tertiary/aromatic N) is 6. The zero-order chi connectivity index (χ0) is 22.9. The number of anilines is 4. The molecule has 2 aromatic heterocycles. The molecule has 0 bridgehead atoms. The number of aromatic nitrogens is 4. The van der Waals surface area contributed by atoms with Gasteiger partial charge in [-0.15, -0.1) is 4.52 Å². The molecule has 13 heteroatoms. The Kier molecular flexibility index (Phi) is 5.74. The van der Waals surface area contributed by atoms with Crippen molar-refractivity contribution in [2.75, 3.05) is 41.7 Å². The van der Waals surface area contributed by atoms with Gasteiger partial charge in [-0.3, -0.25) is 0 Å². The van der Waals surface area contributed by atoms with E-state index in [9.17, 15) is 8.78 Å². The molecule has 10 nitrogen and oxygen atoms in total. The van der Waals surface area contributed by atoms with E-state index >= 15 is 0 Å². The zero-order valence-electron chi connectivity index (χ0n) is 17.4. The summed E-state index contributed by atoms with van der Waals surface area (Å²) in [6, 6.07) is 3.17. The Morgan fingerprint density at radius 1 is 1.27 bits per heavy atom. The molecule has 0 radical (unpaired) electrons. The lowest BCUT2D eigenvalue weighted by Gasteiger charge is -2.31. The standard InChI is InChI=1S/C20H20ClF2N9O/c1-24-15-10-26-18-17(27-11-2-3-11)29-20(30-32(15)18)28-13-8-12(33-19(22)23)9-14(16(13)21)31-6-4-25-5-7-31/h8-11,19,25H,2-7H2,(H2,27,28,29,30). The van der Waals surface area contributed by atoms with Gasteiger partial charge < -0.3 is 30.4 Å². The van der Waals surface area contributed by atoms with Crippen molar-refractivity contribution in [2.24, 2.45) is 0 Å². The van der Waals surface area contributed by atoms with E-state index in [1.54, 1.807) is 0 Å². The first kappa shape index (κ1) is 21.4. The first-order chi connectivity index (χ1) is 16.0. The molecule has 1 aliphatic carbocycles. The average molecular weight is 476 g/mol. The fraction of sp³-hybridized carbons (Fsp3) is 0.400. The Bertz CT molecular complexity index is 1220. The van der Waals surface area contributed by atoms with Crippen LogP contribution >= 0.6 is 11.6 Å². The lowest BCUT2D eigenvalue weighted by atomic mass is 10.2. The highest BCUT2D eigenvalue weighted by Gasteiger charge is 2.26. The van der Waals surface area contributed by atoms with Crippen LogP contribution < -0.4 is 25.6 Å². The molecule has 33 heavy (non-hydrogen) atoms. The second-order valence-electron chi connectivity index (χ2n) is 7.71. The van der Waals surface area contributed by atoms with Gasteiger partial charge >= 0.3 is 6.61 Å². The Labute approximate surface area is 192 Å². The largest absolute Gasteiger partial charge is 0.435 e. The molecule has 0 atom stereocenters. The minimum absolute atomic E-state index is 0.0349. The third-order valence-electron chi connectivity index (χ3n) is 5.33. The molecule has 0 amide bonds. The molecule has 1 saturated carbocycles. The Hall–Kier alpha value is -3.43. The lowest BCUT2D eigenvalue weighted by molar-refractivity contribution is -0.0497. The Morgan fingerprint density at radius 3 is 2.76 bits per heavy atom. The third kappa shape index (κ3) is 4.55. The molecule has 3 N–H and O–H groups in total. The smallest absolute Gasteiger partial charge is 0.387 e. The molecule has 1 aliphatic heterocycles. The van der Waals surface area contributed by atoms with Crippen LogP contribution in [0.5, 0.6) is 5.75 Å². The van der Waals surface area contributed by atoms with Gasteiger partial charge in [-0.25, -0.2) is 4.98 Å². The van der Waals surface area contributed by atoms with Gasteiger partial charge in [0.2, 0.25) is 0 Å². The highest BCUT2D eigenvalue weighted by molar-refractivity contribution is 6.36. The van der Waals surface area contributed by atoms with Crippen LogP contribution in [0.1, 0.15) is 12.8 Å². The maximum Gasteiger partial charge on any atom is 0.387 e. The number of ether oxygens (including phenoxy) is 1. The van der Waals surface area contributed by atoms with Gasteiger partial charge in [-0.2, -0.15) is 13.8 Å². The van der Waals surface area contributed by atoms with Gasteiger partial charge in [-0.1, -0.05) is 23.3 Å². The van der Waals surface area contributed by atoms with E-state index in [4.69, 9.17) is 18.2 Å². The number of halogens is 3. The van der Waals surface area contributed by atoms with Gasteiger partial charge in [0.15, 0.2) is 5.82 Å². The summed E-state index contributed by atoms with van der Waals surface area (Å²) < 4.78 is 32.0. The van der Waals surface area contributed by atoms with Crippen molar-refractivity contribution >= 4 is 46.2 Å². The second kappa shape index (κ2) is 8.84. The fourth-order valence-electron chi connectivity index (χ4n) is 3.62. The van der Waals surface area contributed by atoms with Crippen molar-refractivity contribution in [3.8, 4) is 5.75 Å². The average Bonchev–Trinajstić information content (AvgIpc) is 3.52. The molecule has 2 aliphatic rings. The quantitative estimate of drug-likeness (QED) is 0.446. The molecular formula is C20H20ClF2N9O. The number of rotatable bonds is 7. The summed E-state index contributed by atoms with van der Waals surface area (Å²) in [6.07, 6.45) is 3.45. The predicted octanol–water partition coefficient (Wildman–Crippen LogP) is 3.66. The van der Waals surface area contributed by atoms with Crippen molar-refractivity contribution in [1.82, 2.24) is 24.9 Å². The molecular weight excluding hydrogens is 456 g/mol. The van der Waals surface area contributed by atoms with E-state index in [2.05, 4.69) is 40.6 Å². The van der Waals surface area contributed by atoms with Crippen LogP contribution in [0.25, 0.3) is 10.5 Å². The number of hydrogen-bond donors (Lipinski definition) is 3. The molecule has 0 spiro atoms. The van der Waals surface area contributed by atoms with E-state index in [-0.39, 0.29) is 23.6 Å². The van der Waals surface area contributed by atoms with Crippen LogP contribution in [-0.4, -0.2) is 58.4 Å². The van der Waals surface area contributed by atoms with Crippen molar-refractivity contribution in [3.63, 3.8) is 0 Å². The number of benzene rings is 1. The van der Waals surface area contributed by atoms with Gasteiger partial charge in [0.25, 0.3) is 17.4 Å². The van der Waals surface area contributed by atoms with E-state index < -0.39 is 6.61 Å². The van der Waals surface area contributed by atoms with Gasteiger partial charge in [0.05, 0.1) is 22.6 Å². The van der Waals surface area contributed by atoms with Crippen molar-refractivity contribution in [2.45, 2.75) is 25.5 Å². The van der Waals surface area contributed by atoms with Crippen LogP contribution in [0.3, 0.4) is 0 Å². The third-order valence-corrected chi connectivity index (χ3v) is 5.73. The highest BCUT2D eigenvalue weighted by atomic mass is 35.5. The minimum atomic E-state index is -2.98. The van der Waals surface area contributed by atoms with E-state index in [1.165, 1.54) is 22.8 Å².